The second kappa shape index (κ2) is 9.40. The third kappa shape index (κ3) is 5.67. The Morgan fingerprint density at radius 2 is 1.97 bits per heavy atom. The number of imidazole rings is 1. The number of nitrogens with one attached hydrogen (secondary N) is 1. The molecule has 0 bridgehead atoms. The maximum absolute atomic E-state index is 12.2. The summed E-state index contributed by atoms with van der Waals surface area (Å²) in [5.74, 6) is 2.22. The van der Waals surface area contributed by atoms with Crippen LogP contribution in [0.5, 0.6) is 11.6 Å². The number of anilines is 1. The van der Waals surface area contributed by atoms with Crippen LogP contribution in [0.4, 0.5) is 5.69 Å². The zero-order valence-corrected chi connectivity index (χ0v) is 17.6. The van der Waals surface area contributed by atoms with E-state index in [1.807, 2.05) is 24.3 Å². The van der Waals surface area contributed by atoms with Gasteiger partial charge in [0, 0.05) is 35.6 Å². The Balaban J connectivity index is 1.36. The lowest BCUT2D eigenvalue weighted by molar-refractivity contribution is -0.116. The summed E-state index contributed by atoms with van der Waals surface area (Å²) in [6.45, 7) is 1.80. The first-order valence-electron chi connectivity index (χ1n) is 9.71. The van der Waals surface area contributed by atoms with Gasteiger partial charge in [-0.1, -0.05) is 23.7 Å². The second-order valence-corrected chi connectivity index (χ2v) is 7.32. The first-order valence-corrected chi connectivity index (χ1v) is 10.1. The molecule has 0 aliphatic heterocycles. The van der Waals surface area contributed by atoms with Crippen LogP contribution < -0.4 is 10.1 Å². The van der Waals surface area contributed by atoms with Crippen LogP contribution in [0.3, 0.4) is 0 Å². The number of rotatable bonds is 7. The molecule has 156 valence electrons. The molecule has 0 atom stereocenters. The molecule has 0 radical (unpaired) electrons. The van der Waals surface area contributed by atoms with Gasteiger partial charge in [-0.15, -0.1) is 0 Å². The van der Waals surface area contributed by atoms with Crippen molar-refractivity contribution in [2.45, 2.75) is 19.8 Å². The monoisotopic (exact) mass is 433 g/mol. The summed E-state index contributed by atoms with van der Waals surface area (Å²) in [5.41, 5.74) is 1.73. The van der Waals surface area contributed by atoms with Gasteiger partial charge in [0.1, 0.15) is 23.7 Å². The van der Waals surface area contributed by atoms with Crippen molar-refractivity contribution in [1.82, 2.24) is 19.5 Å². The molecule has 0 spiro atoms. The van der Waals surface area contributed by atoms with Gasteiger partial charge in [0.2, 0.25) is 11.8 Å². The van der Waals surface area contributed by atoms with E-state index in [0.717, 1.165) is 5.56 Å². The number of amides is 1. The molecule has 2 aromatic heterocycles. The Labute approximate surface area is 184 Å². The first kappa shape index (κ1) is 20.6. The minimum Gasteiger partial charge on any atom is -0.439 e. The summed E-state index contributed by atoms with van der Waals surface area (Å²) in [6.07, 6.45) is 6.14. The number of aryl methyl sites for hydroxylation is 2. The summed E-state index contributed by atoms with van der Waals surface area (Å²) in [7, 11) is 0. The number of nitrogens with zero attached hydrogens (tertiary/aromatic N) is 4. The fraction of sp³-hybridized carbons (Fsp3) is 0.130. The lowest BCUT2D eigenvalue weighted by atomic mass is 10.1. The van der Waals surface area contributed by atoms with E-state index in [0.29, 0.717) is 46.8 Å². The van der Waals surface area contributed by atoms with Crippen molar-refractivity contribution >= 4 is 23.2 Å². The first-order chi connectivity index (χ1) is 15.0. The summed E-state index contributed by atoms with van der Waals surface area (Å²) < 4.78 is 7.65. The number of carbonyl (C=O) groups is 1. The molecule has 0 saturated heterocycles. The quantitative estimate of drug-likeness (QED) is 0.444. The molecule has 0 aliphatic rings. The van der Waals surface area contributed by atoms with Crippen molar-refractivity contribution in [3.8, 4) is 17.4 Å². The second-order valence-electron chi connectivity index (χ2n) is 6.89. The predicted octanol–water partition coefficient (Wildman–Crippen LogP) is 4.99. The molecule has 0 saturated carbocycles. The SMILES string of the molecule is Cc1nc(Oc2ccc(NC(=O)CCc3cccc(Cl)c3)cc2)cc(-n2ccnc2)n1. The maximum atomic E-state index is 12.2. The fourth-order valence-corrected chi connectivity index (χ4v) is 3.22. The molecule has 2 aromatic carbocycles. The molecule has 4 rings (SSSR count). The number of hydrogen-bond acceptors (Lipinski definition) is 5. The van der Waals surface area contributed by atoms with Crippen molar-refractivity contribution in [2.24, 2.45) is 0 Å². The van der Waals surface area contributed by atoms with Gasteiger partial charge in [0.05, 0.1) is 0 Å². The van der Waals surface area contributed by atoms with Gasteiger partial charge in [0.25, 0.3) is 0 Å². The third-order valence-corrected chi connectivity index (χ3v) is 4.70. The number of aromatic nitrogens is 4. The largest absolute Gasteiger partial charge is 0.439 e. The third-order valence-electron chi connectivity index (χ3n) is 4.46. The Morgan fingerprint density at radius 3 is 2.71 bits per heavy atom. The Hall–Kier alpha value is -3.71. The lowest BCUT2D eigenvalue weighted by Gasteiger charge is -2.09. The smallest absolute Gasteiger partial charge is 0.224 e. The molecule has 31 heavy (non-hydrogen) atoms. The Morgan fingerprint density at radius 1 is 1.13 bits per heavy atom. The predicted molar refractivity (Wildman–Crippen MR) is 119 cm³/mol. The number of ether oxygens (including phenoxy) is 1. The fourth-order valence-electron chi connectivity index (χ4n) is 3.01. The highest BCUT2D eigenvalue weighted by molar-refractivity contribution is 6.30. The molecular formula is C23H20ClN5O2. The van der Waals surface area contributed by atoms with Gasteiger partial charge in [-0.3, -0.25) is 9.36 Å². The van der Waals surface area contributed by atoms with Crippen molar-refractivity contribution < 1.29 is 9.53 Å². The van der Waals surface area contributed by atoms with E-state index in [9.17, 15) is 4.79 Å². The van der Waals surface area contributed by atoms with Gasteiger partial charge >= 0.3 is 0 Å². The van der Waals surface area contributed by atoms with Crippen LogP contribution in [0.15, 0.2) is 73.3 Å². The molecule has 4 aromatic rings. The Kier molecular flexibility index (Phi) is 6.24. The standard InChI is InChI=1S/C23H20ClN5O2/c1-16-26-21(29-12-11-25-15-29)14-23(27-16)31-20-8-6-19(7-9-20)28-22(30)10-5-17-3-2-4-18(24)13-17/h2-4,6-9,11-15H,5,10H2,1H3,(H,28,30). The number of benzene rings is 2. The summed E-state index contributed by atoms with van der Waals surface area (Å²) >= 11 is 5.98. The molecular weight excluding hydrogens is 414 g/mol. The highest BCUT2D eigenvalue weighted by Crippen LogP contribution is 2.23. The van der Waals surface area contributed by atoms with Gasteiger partial charge in [-0.25, -0.2) is 9.97 Å². The van der Waals surface area contributed by atoms with Crippen molar-refractivity contribution in [3.05, 3.63) is 89.7 Å². The average Bonchev–Trinajstić information content (AvgIpc) is 3.28. The number of halogens is 1. The van der Waals surface area contributed by atoms with Crippen LogP contribution in [0, 0.1) is 6.92 Å². The minimum atomic E-state index is -0.0648. The average molecular weight is 434 g/mol. The van der Waals surface area contributed by atoms with E-state index >= 15 is 0 Å². The lowest BCUT2D eigenvalue weighted by Crippen LogP contribution is -2.12. The van der Waals surface area contributed by atoms with Gasteiger partial charge in [-0.05, 0) is 55.3 Å². The molecule has 0 fully saturated rings. The molecule has 1 N–H and O–H groups in total. The van der Waals surface area contributed by atoms with Gasteiger partial charge in [0.15, 0.2) is 0 Å². The Bertz CT molecular complexity index is 1180. The van der Waals surface area contributed by atoms with E-state index in [4.69, 9.17) is 16.3 Å². The molecule has 2 heterocycles. The van der Waals surface area contributed by atoms with Crippen LogP contribution in [0.1, 0.15) is 17.8 Å². The molecule has 1 amide bonds. The summed E-state index contributed by atoms with van der Waals surface area (Å²) in [4.78, 5) is 25.0. The molecule has 7 nitrogen and oxygen atoms in total. The van der Waals surface area contributed by atoms with Crippen molar-refractivity contribution in [2.75, 3.05) is 5.32 Å². The van der Waals surface area contributed by atoms with E-state index in [1.54, 1.807) is 60.5 Å². The van der Waals surface area contributed by atoms with E-state index in [-0.39, 0.29) is 5.91 Å². The number of carbonyl (C=O) groups excluding carboxylic acids is 1. The van der Waals surface area contributed by atoms with E-state index < -0.39 is 0 Å². The van der Waals surface area contributed by atoms with Gasteiger partial charge < -0.3 is 10.1 Å². The van der Waals surface area contributed by atoms with Crippen LogP contribution in [0.2, 0.25) is 5.02 Å². The van der Waals surface area contributed by atoms with Crippen LogP contribution in [-0.4, -0.2) is 25.4 Å². The van der Waals surface area contributed by atoms with Crippen LogP contribution >= 0.6 is 11.6 Å². The molecule has 8 heteroatoms. The van der Waals surface area contributed by atoms with Crippen molar-refractivity contribution in [1.29, 1.82) is 0 Å². The normalized spacial score (nSPS) is 10.6. The van der Waals surface area contributed by atoms with E-state index in [1.165, 1.54) is 0 Å². The maximum Gasteiger partial charge on any atom is 0.224 e. The highest BCUT2D eigenvalue weighted by atomic mass is 35.5. The van der Waals surface area contributed by atoms with Crippen molar-refractivity contribution in [3.63, 3.8) is 0 Å². The van der Waals surface area contributed by atoms with Crippen LogP contribution in [-0.2, 0) is 11.2 Å². The summed E-state index contributed by atoms with van der Waals surface area (Å²) in [5, 5.41) is 3.56. The zero-order valence-electron chi connectivity index (χ0n) is 16.8. The highest BCUT2D eigenvalue weighted by Gasteiger charge is 2.07. The van der Waals surface area contributed by atoms with Gasteiger partial charge in [-0.2, -0.15) is 4.98 Å². The zero-order chi connectivity index (χ0) is 21.6. The topological polar surface area (TPSA) is 81.9 Å². The number of hydrogen-bond donors (Lipinski definition) is 1. The summed E-state index contributed by atoms with van der Waals surface area (Å²) in [6, 6.07) is 16.4. The molecule has 0 aliphatic carbocycles. The van der Waals surface area contributed by atoms with Crippen LogP contribution in [0.25, 0.3) is 5.82 Å². The minimum absolute atomic E-state index is 0.0648. The molecule has 0 unspecified atom stereocenters. The van der Waals surface area contributed by atoms with E-state index in [2.05, 4.69) is 20.3 Å².